The third kappa shape index (κ3) is 2.21. The van der Waals surface area contributed by atoms with Gasteiger partial charge in [0.25, 0.3) is 0 Å². The van der Waals surface area contributed by atoms with E-state index in [2.05, 4.69) is 15.9 Å². The van der Waals surface area contributed by atoms with Crippen molar-refractivity contribution in [3.8, 4) is 0 Å². The summed E-state index contributed by atoms with van der Waals surface area (Å²) in [6.07, 6.45) is 2.87. The predicted octanol–water partition coefficient (Wildman–Crippen LogP) is 3.21. The van der Waals surface area contributed by atoms with Gasteiger partial charge in [-0.25, -0.2) is 8.78 Å². The zero-order valence-electron chi connectivity index (χ0n) is 10.9. The predicted molar refractivity (Wildman–Crippen MR) is 75.1 cm³/mol. The lowest BCUT2D eigenvalue weighted by Crippen LogP contribution is -2.41. The Balaban J connectivity index is 1.82. The molecule has 0 spiro atoms. The molecule has 2 saturated carbocycles. The molecule has 20 heavy (non-hydrogen) atoms. The number of carbonyl (C=O) groups is 1. The molecule has 0 radical (unpaired) electrons. The summed E-state index contributed by atoms with van der Waals surface area (Å²) in [4.78, 5) is 12.4. The van der Waals surface area contributed by atoms with Crippen LogP contribution in [0.1, 0.15) is 24.8 Å². The van der Waals surface area contributed by atoms with Gasteiger partial charge in [0.2, 0.25) is 0 Å². The second-order valence-electron chi connectivity index (χ2n) is 5.90. The maximum atomic E-state index is 13.9. The molecule has 2 aliphatic carbocycles. The van der Waals surface area contributed by atoms with Gasteiger partial charge in [0.1, 0.15) is 17.4 Å². The van der Waals surface area contributed by atoms with Crippen LogP contribution in [-0.4, -0.2) is 11.8 Å². The minimum absolute atomic E-state index is 0.124. The Bertz CT molecular complexity index is 561. The van der Waals surface area contributed by atoms with E-state index in [4.69, 9.17) is 5.73 Å². The van der Waals surface area contributed by atoms with E-state index in [0.717, 1.165) is 19.3 Å². The van der Waals surface area contributed by atoms with Gasteiger partial charge >= 0.3 is 0 Å². The van der Waals surface area contributed by atoms with Crippen LogP contribution in [0.4, 0.5) is 8.78 Å². The van der Waals surface area contributed by atoms with E-state index in [1.54, 1.807) is 0 Å². The number of nitrogens with two attached hydrogens (primary N) is 1. The maximum Gasteiger partial charge on any atom is 0.143 e. The molecule has 5 heteroatoms. The molecule has 0 saturated heterocycles. The van der Waals surface area contributed by atoms with Crippen LogP contribution in [0.2, 0.25) is 0 Å². The SMILES string of the molecule is NC1C2CCC(C2)C1C(=O)Cc1c(F)ccc(Br)c1F. The van der Waals surface area contributed by atoms with Crippen LogP contribution in [0.25, 0.3) is 0 Å². The van der Waals surface area contributed by atoms with Crippen LogP contribution in [0.3, 0.4) is 0 Å². The number of carbonyl (C=O) groups excluding carboxylic acids is 1. The van der Waals surface area contributed by atoms with E-state index < -0.39 is 11.6 Å². The molecule has 3 rings (SSSR count). The number of halogens is 3. The van der Waals surface area contributed by atoms with E-state index in [1.165, 1.54) is 12.1 Å². The molecule has 1 aromatic carbocycles. The van der Waals surface area contributed by atoms with E-state index in [0.29, 0.717) is 11.8 Å². The second-order valence-corrected chi connectivity index (χ2v) is 6.76. The highest BCUT2D eigenvalue weighted by atomic mass is 79.9. The Morgan fingerprint density at radius 2 is 2.00 bits per heavy atom. The average molecular weight is 344 g/mol. The molecule has 4 unspecified atom stereocenters. The van der Waals surface area contributed by atoms with E-state index in [1.807, 2.05) is 0 Å². The van der Waals surface area contributed by atoms with Crippen molar-refractivity contribution >= 4 is 21.7 Å². The fourth-order valence-corrected chi connectivity index (χ4v) is 4.21. The third-order valence-electron chi connectivity index (χ3n) is 4.84. The lowest BCUT2D eigenvalue weighted by atomic mass is 9.80. The van der Waals surface area contributed by atoms with Gasteiger partial charge < -0.3 is 5.73 Å². The zero-order chi connectivity index (χ0) is 14.4. The van der Waals surface area contributed by atoms with Gasteiger partial charge in [-0.3, -0.25) is 4.79 Å². The smallest absolute Gasteiger partial charge is 0.143 e. The lowest BCUT2D eigenvalue weighted by molar-refractivity contribution is -0.124. The van der Waals surface area contributed by atoms with Crippen LogP contribution in [0, 0.1) is 29.4 Å². The average Bonchev–Trinajstić information content (AvgIpc) is 2.99. The Labute approximate surface area is 124 Å². The fraction of sp³-hybridized carbons (Fsp3) is 0.533. The van der Waals surface area contributed by atoms with Crippen molar-refractivity contribution in [2.75, 3.05) is 0 Å². The molecule has 0 aliphatic heterocycles. The van der Waals surface area contributed by atoms with E-state index in [9.17, 15) is 13.6 Å². The zero-order valence-corrected chi connectivity index (χ0v) is 12.5. The minimum atomic E-state index is -0.685. The molecular formula is C15H16BrF2NO. The summed E-state index contributed by atoms with van der Waals surface area (Å²) in [7, 11) is 0. The van der Waals surface area contributed by atoms with Crippen LogP contribution in [0.15, 0.2) is 16.6 Å². The molecule has 2 N–H and O–H groups in total. The normalized spacial score (nSPS) is 31.8. The molecule has 0 aromatic heterocycles. The highest BCUT2D eigenvalue weighted by molar-refractivity contribution is 9.10. The highest BCUT2D eigenvalue weighted by Gasteiger charge is 2.48. The molecular weight excluding hydrogens is 328 g/mol. The van der Waals surface area contributed by atoms with Gasteiger partial charge in [0, 0.05) is 23.9 Å². The molecule has 4 atom stereocenters. The Kier molecular flexibility index (Phi) is 3.67. The molecule has 2 nitrogen and oxygen atoms in total. The Hall–Kier alpha value is -0.810. The standard InChI is InChI=1S/C15H16BrF2NO/c16-10-3-4-11(17)9(14(10)18)6-12(20)13-7-1-2-8(5-7)15(13)19/h3-4,7-8,13,15H,1-2,5-6,19H2. The van der Waals surface area contributed by atoms with Crippen molar-refractivity contribution in [2.45, 2.75) is 31.7 Å². The van der Waals surface area contributed by atoms with Crippen molar-refractivity contribution in [1.82, 2.24) is 0 Å². The summed E-state index contributed by atoms with van der Waals surface area (Å²) in [5.41, 5.74) is 5.95. The summed E-state index contributed by atoms with van der Waals surface area (Å²) < 4.78 is 27.8. The highest BCUT2D eigenvalue weighted by Crippen LogP contribution is 2.48. The lowest BCUT2D eigenvalue weighted by Gasteiger charge is -2.27. The van der Waals surface area contributed by atoms with Crippen molar-refractivity contribution < 1.29 is 13.6 Å². The second kappa shape index (κ2) is 5.19. The third-order valence-corrected chi connectivity index (χ3v) is 5.45. The van der Waals surface area contributed by atoms with Gasteiger partial charge in [-0.15, -0.1) is 0 Å². The summed E-state index contributed by atoms with van der Waals surface area (Å²) in [5, 5.41) is 0. The summed E-state index contributed by atoms with van der Waals surface area (Å²) in [6.45, 7) is 0. The number of fused-ring (bicyclic) bond motifs is 2. The quantitative estimate of drug-likeness (QED) is 0.856. The van der Waals surface area contributed by atoms with Crippen LogP contribution in [0.5, 0.6) is 0 Å². The monoisotopic (exact) mass is 343 g/mol. The molecule has 1 aromatic rings. The topological polar surface area (TPSA) is 43.1 Å². The molecule has 0 heterocycles. The number of hydrogen-bond acceptors (Lipinski definition) is 2. The van der Waals surface area contributed by atoms with E-state index in [-0.39, 0.29) is 34.2 Å². The largest absolute Gasteiger partial charge is 0.327 e. The minimum Gasteiger partial charge on any atom is -0.327 e. The first-order valence-electron chi connectivity index (χ1n) is 6.89. The first-order valence-corrected chi connectivity index (χ1v) is 7.69. The summed E-state index contributed by atoms with van der Waals surface area (Å²) >= 11 is 3.02. The first-order chi connectivity index (χ1) is 9.49. The van der Waals surface area contributed by atoms with Crippen molar-refractivity contribution in [1.29, 1.82) is 0 Å². The van der Waals surface area contributed by atoms with Crippen molar-refractivity contribution in [3.63, 3.8) is 0 Å². The fourth-order valence-electron chi connectivity index (χ4n) is 3.84. The van der Waals surface area contributed by atoms with Gasteiger partial charge in [-0.2, -0.15) is 0 Å². The Morgan fingerprint density at radius 1 is 1.30 bits per heavy atom. The molecule has 2 aliphatic rings. The molecule has 108 valence electrons. The molecule has 0 amide bonds. The number of benzene rings is 1. The summed E-state index contributed by atoms with van der Waals surface area (Å²) in [5.74, 6) is -0.995. The van der Waals surface area contributed by atoms with Crippen molar-refractivity contribution in [2.24, 2.45) is 23.5 Å². The van der Waals surface area contributed by atoms with Gasteiger partial charge in [0.05, 0.1) is 4.47 Å². The van der Waals surface area contributed by atoms with Gasteiger partial charge in [-0.05, 0) is 59.2 Å². The van der Waals surface area contributed by atoms with Crippen LogP contribution >= 0.6 is 15.9 Å². The first kappa shape index (κ1) is 14.1. The van der Waals surface area contributed by atoms with Crippen LogP contribution in [-0.2, 0) is 11.2 Å². The number of hydrogen-bond donors (Lipinski definition) is 1. The molecule has 2 bridgehead atoms. The van der Waals surface area contributed by atoms with Crippen molar-refractivity contribution in [3.05, 3.63) is 33.8 Å². The van der Waals surface area contributed by atoms with E-state index >= 15 is 0 Å². The Morgan fingerprint density at radius 3 is 2.65 bits per heavy atom. The van der Waals surface area contributed by atoms with Crippen LogP contribution < -0.4 is 5.73 Å². The number of Topliss-reactive ketones (excluding diaryl/α,β-unsaturated/α-hetero) is 1. The van der Waals surface area contributed by atoms with Gasteiger partial charge in [0.15, 0.2) is 0 Å². The molecule has 2 fully saturated rings. The van der Waals surface area contributed by atoms with Gasteiger partial charge in [-0.1, -0.05) is 0 Å². The summed E-state index contributed by atoms with van der Waals surface area (Å²) in [6, 6.07) is 2.35. The maximum absolute atomic E-state index is 13.9. The number of ketones is 1. The number of rotatable bonds is 3.